The predicted octanol–water partition coefficient (Wildman–Crippen LogP) is 4.03. The Bertz CT molecular complexity index is 1040. The predicted molar refractivity (Wildman–Crippen MR) is 104 cm³/mol. The summed E-state index contributed by atoms with van der Waals surface area (Å²) in [5.74, 6) is -1.36. The fourth-order valence-electron chi connectivity index (χ4n) is 3.47. The van der Waals surface area contributed by atoms with Gasteiger partial charge in [0.25, 0.3) is 5.91 Å². The Morgan fingerprint density at radius 2 is 2.03 bits per heavy atom. The smallest absolute Gasteiger partial charge is 0.290 e. The van der Waals surface area contributed by atoms with Gasteiger partial charge in [0.2, 0.25) is 5.78 Å². The molecule has 0 radical (unpaired) electrons. The van der Waals surface area contributed by atoms with E-state index in [1.54, 1.807) is 30.3 Å². The average Bonchev–Trinajstić information content (AvgIpc) is 3.41. The minimum absolute atomic E-state index is 0.00650. The summed E-state index contributed by atoms with van der Waals surface area (Å²) in [7, 11) is 0. The van der Waals surface area contributed by atoms with Gasteiger partial charge in [-0.05, 0) is 38.1 Å². The van der Waals surface area contributed by atoms with Gasteiger partial charge in [0.15, 0.2) is 11.5 Å². The third kappa shape index (κ3) is 3.45. The number of benzene rings is 1. The number of ketones is 1. The van der Waals surface area contributed by atoms with E-state index >= 15 is 0 Å². The molecule has 4 rings (SSSR count). The maximum atomic E-state index is 13.2. The van der Waals surface area contributed by atoms with Crippen molar-refractivity contribution in [2.24, 2.45) is 0 Å². The molecule has 150 valence electrons. The summed E-state index contributed by atoms with van der Waals surface area (Å²) < 4.78 is 16.7. The second kappa shape index (κ2) is 7.60. The van der Waals surface area contributed by atoms with Crippen molar-refractivity contribution >= 4 is 22.7 Å². The van der Waals surface area contributed by atoms with Gasteiger partial charge in [0.1, 0.15) is 17.4 Å². The van der Waals surface area contributed by atoms with Gasteiger partial charge in [0, 0.05) is 11.9 Å². The summed E-state index contributed by atoms with van der Waals surface area (Å²) in [5.41, 5.74) is 0.491. The number of hydrogen-bond acceptors (Lipinski definition) is 6. The van der Waals surface area contributed by atoms with Gasteiger partial charge in [-0.3, -0.25) is 9.59 Å². The van der Waals surface area contributed by atoms with Gasteiger partial charge in [-0.1, -0.05) is 18.2 Å². The number of nitrogens with zero attached hydrogens (tertiary/aromatic N) is 1. The summed E-state index contributed by atoms with van der Waals surface area (Å²) >= 11 is 0. The minimum atomic E-state index is -0.853. The zero-order valence-corrected chi connectivity index (χ0v) is 16.1. The maximum Gasteiger partial charge on any atom is 0.290 e. The molecule has 1 aromatic carbocycles. The molecule has 1 amide bonds. The van der Waals surface area contributed by atoms with Crippen molar-refractivity contribution < 1.29 is 28.3 Å². The number of hydrogen-bond donors (Lipinski definition) is 1. The summed E-state index contributed by atoms with van der Waals surface area (Å²) in [6.07, 6.45) is 1.45. The van der Waals surface area contributed by atoms with Crippen LogP contribution in [0.5, 0.6) is 0 Å². The summed E-state index contributed by atoms with van der Waals surface area (Å²) in [6.45, 7) is 4.24. The lowest BCUT2D eigenvalue weighted by Crippen LogP contribution is -2.34. The van der Waals surface area contributed by atoms with Crippen LogP contribution in [-0.2, 0) is 9.53 Å². The number of ether oxygens (including phenoxy) is 1. The van der Waals surface area contributed by atoms with Gasteiger partial charge in [-0.2, -0.15) is 0 Å². The number of Topliss-reactive ketones (excluding diaryl/α,β-unsaturated/α-hetero) is 1. The lowest BCUT2D eigenvalue weighted by molar-refractivity contribution is -0.130. The lowest BCUT2D eigenvalue weighted by atomic mass is 9.99. The number of para-hydroxylation sites is 1. The van der Waals surface area contributed by atoms with Crippen LogP contribution in [0.2, 0.25) is 0 Å². The highest BCUT2D eigenvalue weighted by atomic mass is 16.5. The van der Waals surface area contributed by atoms with E-state index in [9.17, 15) is 14.7 Å². The van der Waals surface area contributed by atoms with Gasteiger partial charge in [-0.15, -0.1) is 0 Å². The Labute approximate surface area is 167 Å². The topological polar surface area (TPSA) is 93.1 Å². The molecular formula is C22H21NO6. The van der Waals surface area contributed by atoms with Crippen LogP contribution in [0.25, 0.3) is 11.0 Å². The Morgan fingerprint density at radius 3 is 2.72 bits per heavy atom. The summed E-state index contributed by atoms with van der Waals surface area (Å²) in [5, 5.41) is 11.3. The molecule has 0 saturated heterocycles. The quantitative estimate of drug-likeness (QED) is 0.607. The molecule has 1 aliphatic rings. The van der Waals surface area contributed by atoms with E-state index in [1.165, 1.54) is 11.2 Å². The second-order valence-electron chi connectivity index (χ2n) is 7.08. The third-order valence-corrected chi connectivity index (χ3v) is 4.79. The van der Waals surface area contributed by atoms with Crippen LogP contribution < -0.4 is 0 Å². The molecule has 0 bridgehead atoms. The normalized spacial score (nSPS) is 17.1. The molecule has 0 aliphatic carbocycles. The van der Waals surface area contributed by atoms with Gasteiger partial charge < -0.3 is 23.6 Å². The minimum Gasteiger partial charge on any atom is -0.503 e. The first-order chi connectivity index (χ1) is 14.0. The van der Waals surface area contributed by atoms with Crippen LogP contribution >= 0.6 is 0 Å². The largest absolute Gasteiger partial charge is 0.503 e. The van der Waals surface area contributed by atoms with Gasteiger partial charge in [-0.25, -0.2) is 0 Å². The third-order valence-electron chi connectivity index (χ3n) is 4.79. The SMILES string of the molecule is CC(C)OCCN1C(=O)C(O)=C(C(=O)c2cc3ccccc3o2)C1c1ccco1. The molecule has 0 spiro atoms. The van der Waals surface area contributed by atoms with E-state index in [1.807, 2.05) is 26.0 Å². The summed E-state index contributed by atoms with van der Waals surface area (Å²) in [6, 6.07) is 11.3. The summed E-state index contributed by atoms with van der Waals surface area (Å²) in [4.78, 5) is 27.4. The number of rotatable bonds is 7. The molecule has 29 heavy (non-hydrogen) atoms. The number of aliphatic hydroxyl groups excluding tert-OH is 1. The van der Waals surface area contributed by atoms with Crippen LogP contribution in [-0.4, -0.2) is 41.0 Å². The van der Waals surface area contributed by atoms with Crippen molar-refractivity contribution in [2.75, 3.05) is 13.2 Å². The number of carbonyl (C=O) groups is 2. The maximum absolute atomic E-state index is 13.2. The number of fused-ring (bicyclic) bond motifs is 1. The molecule has 0 fully saturated rings. The molecule has 0 saturated carbocycles. The number of furan rings is 2. The van der Waals surface area contributed by atoms with Gasteiger partial charge in [0.05, 0.1) is 24.5 Å². The Hall–Kier alpha value is -3.32. The molecule has 3 aromatic rings. The number of aliphatic hydroxyl groups is 1. The monoisotopic (exact) mass is 395 g/mol. The molecule has 1 N–H and O–H groups in total. The highest BCUT2D eigenvalue weighted by Gasteiger charge is 2.45. The second-order valence-corrected chi connectivity index (χ2v) is 7.08. The van der Waals surface area contributed by atoms with Crippen molar-refractivity contribution in [3.05, 3.63) is 71.6 Å². The van der Waals surface area contributed by atoms with Crippen LogP contribution in [0.3, 0.4) is 0 Å². The van der Waals surface area contributed by atoms with Crippen molar-refractivity contribution in [1.29, 1.82) is 0 Å². The Balaban J connectivity index is 1.71. The number of carbonyl (C=O) groups excluding carboxylic acids is 2. The van der Waals surface area contributed by atoms with Crippen molar-refractivity contribution in [3.63, 3.8) is 0 Å². The van der Waals surface area contributed by atoms with Crippen LogP contribution in [0, 0.1) is 0 Å². The van der Waals surface area contributed by atoms with Crippen LogP contribution in [0.15, 0.2) is 68.9 Å². The van der Waals surface area contributed by atoms with E-state index in [2.05, 4.69) is 0 Å². The van der Waals surface area contributed by atoms with E-state index in [4.69, 9.17) is 13.6 Å². The van der Waals surface area contributed by atoms with E-state index in [0.717, 1.165) is 5.39 Å². The average molecular weight is 395 g/mol. The number of amides is 1. The lowest BCUT2D eigenvalue weighted by Gasteiger charge is -2.25. The molecule has 1 aliphatic heterocycles. The highest BCUT2D eigenvalue weighted by Crippen LogP contribution is 2.39. The van der Waals surface area contributed by atoms with E-state index < -0.39 is 23.5 Å². The van der Waals surface area contributed by atoms with Crippen LogP contribution in [0.1, 0.15) is 36.2 Å². The highest BCUT2D eigenvalue weighted by molar-refractivity contribution is 6.15. The first-order valence-corrected chi connectivity index (χ1v) is 9.39. The van der Waals surface area contributed by atoms with Gasteiger partial charge >= 0.3 is 0 Å². The van der Waals surface area contributed by atoms with E-state index in [-0.39, 0.29) is 30.6 Å². The molecule has 7 heteroatoms. The molecule has 1 atom stereocenters. The Kier molecular flexibility index (Phi) is 4.98. The molecular weight excluding hydrogens is 374 g/mol. The van der Waals surface area contributed by atoms with E-state index in [0.29, 0.717) is 11.3 Å². The standard InChI is InChI=1S/C22H21NO6/c1-13(2)27-11-9-23-19(16-8-5-10-28-16)18(21(25)22(23)26)20(24)17-12-14-6-3-4-7-15(14)29-17/h3-8,10,12-13,19,25H,9,11H2,1-2H3. The Morgan fingerprint density at radius 1 is 1.24 bits per heavy atom. The molecule has 1 unspecified atom stereocenters. The van der Waals surface area contributed by atoms with Crippen molar-refractivity contribution in [2.45, 2.75) is 26.0 Å². The zero-order valence-electron chi connectivity index (χ0n) is 16.1. The fraction of sp³-hybridized carbons (Fsp3) is 0.273. The van der Waals surface area contributed by atoms with Crippen LogP contribution in [0.4, 0.5) is 0 Å². The molecule has 7 nitrogen and oxygen atoms in total. The first kappa shape index (κ1) is 19.0. The molecule has 2 aromatic heterocycles. The zero-order chi connectivity index (χ0) is 20.5. The fourth-order valence-corrected chi connectivity index (χ4v) is 3.47. The van der Waals surface area contributed by atoms with Crippen molar-refractivity contribution in [1.82, 2.24) is 4.90 Å². The molecule has 3 heterocycles. The van der Waals surface area contributed by atoms with Crippen molar-refractivity contribution in [3.8, 4) is 0 Å². The first-order valence-electron chi connectivity index (χ1n) is 9.39.